The number of nitrogens with zero attached hydrogens (tertiary/aromatic N) is 2. The predicted molar refractivity (Wildman–Crippen MR) is 68.6 cm³/mol. The van der Waals surface area contributed by atoms with Crippen molar-refractivity contribution in [3.63, 3.8) is 0 Å². The second kappa shape index (κ2) is 4.72. The molecular weight excluding hydrogens is 268 g/mol. The molecule has 0 aromatic carbocycles. The fourth-order valence-electron chi connectivity index (χ4n) is 2.32. The molecule has 2 rings (SSSR count). The van der Waals surface area contributed by atoms with Crippen LogP contribution in [-0.2, 0) is 0 Å². The zero-order valence-corrected chi connectivity index (χ0v) is 11.1. The maximum absolute atomic E-state index is 10.3. The Balaban J connectivity index is 2.05. The highest BCUT2D eigenvalue weighted by Crippen LogP contribution is 2.30. The summed E-state index contributed by atoms with van der Waals surface area (Å²) in [5, 5.41) is 10.3. The minimum absolute atomic E-state index is 0.515. The highest BCUT2D eigenvalue weighted by atomic mass is 79.9. The number of hydrogen-bond donors (Lipinski definition) is 1. The van der Waals surface area contributed by atoms with Crippen molar-refractivity contribution < 1.29 is 5.11 Å². The van der Waals surface area contributed by atoms with Gasteiger partial charge in [-0.1, -0.05) is 18.9 Å². The standard InChI is InChI=1S/C12H17BrN2O/c1-15(9-12(16)7-2-3-8-12)11-6-4-5-10(13)14-11/h4-6,16H,2-3,7-9H2,1H3. The molecule has 1 aromatic rings. The highest BCUT2D eigenvalue weighted by Gasteiger charge is 2.32. The molecule has 1 heterocycles. The third-order valence-electron chi connectivity index (χ3n) is 3.16. The van der Waals surface area contributed by atoms with Crippen LogP contribution in [-0.4, -0.2) is 29.3 Å². The van der Waals surface area contributed by atoms with E-state index < -0.39 is 5.60 Å². The SMILES string of the molecule is CN(CC1(O)CCCC1)c1cccc(Br)n1. The summed E-state index contributed by atoms with van der Waals surface area (Å²) in [5.74, 6) is 0.898. The van der Waals surface area contributed by atoms with Crippen molar-refractivity contribution in [1.82, 2.24) is 4.98 Å². The molecule has 0 spiro atoms. The summed E-state index contributed by atoms with van der Waals surface area (Å²) in [6, 6.07) is 5.83. The summed E-state index contributed by atoms with van der Waals surface area (Å²) in [6.45, 7) is 0.663. The van der Waals surface area contributed by atoms with E-state index in [2.05, 4.69) is 20.9 Å². The number of aromatic nitrogens is 1. The molecule has 0 atom stereocenters. The van der Waals surface area contributed by atoms with E-state index in [9.17, 15) is 5.11 Å². The van der Waals surface area contributed by atoms with E-state index in [1.54, 1.807) is 0 Å². The maximum Gasteiger partial charge on any atom is 0.129 e. The molecule has 1 saturated carbocycles. The molecule has 0 saturated heterocycles. The Morgan fingerprint density at radius 3 is 2.75 bits per heavy atom. The summed E-state index contributed by atoms with van der Waals surface area (Å²) >= 11 is 3.36. The van der Waals surface area contributed by atoms with E-state index >= 15 is 0 Å². The van der Waals surface area contributed by atoms with E-state index in [1.807, 2.05) is 30.1 Å². The molecule has 0 amide bonds. The Morgan fingerprint density at radius 1 is 1.44 bits per heavy atom. The lowest BCUT2D eigenvalue weighted by atomic mass is 10.0. The Labute approximate surface area is 105 Å². The average molecular weight is 285 g/mol. The highest BCUT2D eigenvalue weighted by molar-refractivity contribution is 9.10. The van der Waals surface area contributed by atoms with Gasteiger partial charge in [-0.15, -0.1) is 0 Å². The van der Waals surface area contributed by atoms with Crippen LogP contribution in [0.3, 0.4) is 0 Å². The first-order chi connectivity index (χ1) is 7.59. The molecule has 1 N–H and O–H groups in total. The molecule has 0 bridgehead atoms. The van der Waals surface area contributed by atoms with Crippen LogP contribution in [0.15, 0.2) is 22.8 Å². The molecule has 1 aliphatic rings. The van der Waals surface area contributed by atoms with Crippen LogP contribution in [0.1, 0.15) is 25.7 Å². The van der Waals surface area contributed by atoms with Gasteiger partial charge in [0.15, 0.2) is 0 Å². The van der Waals surface area contributed by atoms with Crippen molar-refractivity contribution in [2.45, 2.75) is 31.3 Å². The van der Waals surface area contributed by atoms with Crippen LogP contribution in [0, 0.1) is 0 Å². The topological polar surface area (TPSA) is 36.4 Å². The van der Waals surface area contributed by atoms with Crippen molar-refractivity contribution in [3.8, 4) is 0 Å². The zero-order chi connectivity index (χ0) is 11.6. The summed E-state index contributed by atoms with van der Waals surface area (Å²) < 4.78 is 0.829. The van der Waals surface area contributed by atoms with E-state index in [0.717, 1.165) is 36.1 Å². The molecule has 16 heavy (non-hydrogen) atoms. The Morgan fingerprint density at radius 2 is 2.12 bits per heavy atom. The van der Waals surface area contributed by atoms with Crippen LogP contribution in [0.25, 0.3) is 0 Å². The second-order valence-corrected chi connectivity index (χ2v) is 5.42. The van der Waals surface area contributed by atoms with E-state index in [0.29, 0.717) is 6.54 Å². The first-order valence-corrected chi connectivity index (χ1v) is 6.44. The molecule has 88 valence electrons. The summed E-state index contributed by atoms with van der Waals surface area (Å²) in [5.41, 5.74) is -0.515. The molecular formula is C12H17BrN2O. The lowest BCUT2D eigenvalue weighted by Crippen LogP contribution is -2.39. The fourth-order valence-corrected chi connectivity index (χ4v) is 2.66. The summed E-state index contributed by atoms with van der Waals surface area (Å²) in [7, 11) is 1.98. The van der Waals surface area contributed by atoms with Crippen molar-refractivity contribution in [2.75, 3.05) is 18.5 Å². The van der Waals surface area contributed by atoms with Crippen molar-refractivity contribution >= 4 is 21.7 Å². The molecule has 0 aliphatic heterocycles. The number of aliphatic hydroxyl groups is 1. The second-order valence-electron chi connectivity index (χ2n) is 4.61. The van der Waals surface area contributed by atoms with Gasteiger partial charge in [0.05, 0.1) is 5.60 Å². The van der Waals surface area contributed by atoms with Gasteiger partial charge in [0.25, 0.3) is 0 Å². The zero-order valence-electron chi connectivity index (χ0n) is 9.49. The van der Waals surface area contributed by atoms with Crippen LogP contribution >= 0.6 is 15.9 Å². The quantitative estimate of drug-likeness (QED) is 0.867. The number of hydrogen-bond acceptors (Lipinski definition) is 3. The Hall–Kier alpha value is -0.610. The average Bonchev–Trinajstić information content (AvgIpc) is 2.65. The van der Waals surface area contributed by atoms with Gasteiger partial charge in [0.1, 0.15) is 10.4 Å². The number of anilines is 1. The number of halogens is 1. The first-order valence-electron chi connectivity index (χ1n) is 5.65. The molecule has 1 aliphatic carbocycles. The van der Waals surface area contributed by atoms with E-state index in [4.69, 9.17) is 0 Å². The van der Waals surface area contributed by atoms with E-state index in [-0.39, 0.29) is 0 Å². The van der Waals surface area contributed by atoms with Gasteiger partial charge in [-0.2, -0.15) is 0 Å². The minimum atomic E-state index is -0.515. The third-order valence-corrected chi connectivity index (χ3v) is 3.60. The maximum atomic E-state index is 10.3. The summed E-state index contributed by atoms with van der Waals surface area (Å²) in [6.07, 6.45) is 4.09. The first kappa shape index (κ1) is 11.9. The largest absolute Gasteiger partial charge is 0.388 e. The third kappa shape index (κ3) is 2.74. The van der Waals surface area contributed by atoms with Crippen molar-refractivity contribution in [2.24, 2.45) is 0 Å². The Kier molecular flexibility index (Phi) is 3.50. The van der Waals surface area contributed by atoms with Gasteiger partial charge >= 0.3 is 0 Å². The predicted octanol–water partition coefficient (Wildman–Crippen LogP) is 2.59. The molecule has 0 unspecified atom stereocenters. The normalized spacial score (nSPS) is 18.7. The molecule has 0 radical (unpaired) electrons. The van der Waals surface area contributed by atoms with Crippen molar-refractivity contribution in [3.05, 3.63) is 22.8 Å². The van der Waals surface area contributed by atoms with E-state index in [1.165, 1.54) is 0 Å². The lowest BCUT2D eigenvalue weighted by molar-refractivity contribution is 0.0558. The van der Waals surface area contributed by atoms with Gasteiger partial charge in [0, 0.05) is 13.6 Å². The van der Waals surface area contributed by atoms with Gasteiger partial charge < -0.3 is 10.0 Å². The van der Waals surface area contributed by atoms with Gasteiger partial charge in [-0.05, 0) is 40.9 Å². The number of rotatable bonds is 3. The Bertz CT molecular complexity index is 364. The van der Waals surface area contributed by atoms with Crippen LogP contribution in [0.4, 0.5) is 5.82 Å². The monoisotopic (exact) mass is 284 g/mol. The lowest BCUT2D eigenvalue weighted by Gasteiger charge is -2.29. The van der Waals surface area contributed by atoms with Crippen LogP contribution < -0.4 is 4.90 Å². The van der Waals surface area contributed by atoms with Gasteiger partial charge in [-0.3, -0.25) is 0 Å². The molecule has 1 fully saturated rings. The number of pyridine rings is 1. The minimum Gasteiger partial charge on any atom is -0.388 e. The molecule has 3 nitrogen and oxygen atoms in total. The molecule has 4 heteroatoms. The fraction of sp³-hybridized carbons (Fsp3) is 0.583. The van der Waals surface area contributed by atoms with Crippen molar-refractivity contribution in [1.29, 1.82) is 0 Å². The van der Waals surface area contributed by atoms with Crippen LogP contribution in [0.5, 0.6) is 0 Å². The number of likely N-dealkylation sites (N-methyl/N-ethyl adjacent to an activating group) is 1. The summed E-state index contributed by atoms with van der Waals surface area (Å²) in [4.78, 5) is 6.40. The smallest absolute Gasteiger partial charge is 0.129 e. The van der Waals surface area contributed by atoms with Crippen LogP contribution in [0.2, 0.25) is 0 Å². The van der Waals surface area contributed by atoms with Gasteiger partial charge in [0.2, 0.25) is 0 Å². The molecule has 1 aromatic heterocycles. The van der Waals surface area contributed by atoms with Gasteiger partial charge in [-0.25, -0.2) is 4.98 Å².